The van der Waals surface area contributed by atoms with E-state index in [4.69, 9.17) is 14.2 Å². The van der Waals surface area contributed by atoms with Crippen LogP contribution in [0.3, 0.4) is 0 Å². The Labute approximate surface area is 76.3 Å². The van der Waals surface area contributed by atoms with Crippen LogP contribution in [-0.2, 0) is 14.2 Å². The second-order valence-corrected chi connectivity index (χ2v) is 3.36. The molecule has 0 saturated carbocycles. The largest absolute Gasteiger partial charge is 0.441 e. The van der Waals surface area contributed by atoms with Crippen LogP contribution in [0.2, 0.25) is 0 Å². The van der Waals surface area contributed by atoms with E-state index in [-0.39, 0.29) is 30.6 Å². The van der Waals surface area contributed by atoms with Crippen LogP contribution >= 0.6 is 0 Å². The molecule has 0 bridgehead atoms. The van der Waals surface area contributed by atoms with Crippen molar-refractivity contribution in [3.05, 3.63) is 0 Å². The summed E-state index contributed by atoms with van der Waals surface area (Å²) in [5, 5.41) is 2.73. The van der Waals surface area contributed by atoms with Crippen molar-refractivity contribution in [3.63, 3.8) is 0 Å². The second-order valence-electron chi connectivity index (χ2n) is 3.36. The topological polar surface area (TPSA) is 56.8 Å². The number of carbonyl (C=O) groups excluding carboxylic acids is 1. The van der Waals surface area contributed by atoms with Crippen molar-refractivity contribution in [2.24, 2.45) is 0 Å². The molecule has 13 heavy (non-hydrogen) atoms. The molecular weight excluding hydrogens is 174 g/mol. The highest BCUT2D eigenvalue weighted by Crippen LogP contribution is 2.26. The number of rotatable bonds is 1. The highest BCUT2D eigenvalue weighted by molar-refractivity contribution is 5.70. The van der Waals surface area contributed by atoms with Gasteiger partial charge < -0.3 is 19.5 Å². The third-order valence-electron chi connectivity index (χ3n) is 2.48. The van der Waals surface area contributed by atoms with Gasteiger partial charge >= 0.3 is 6.09 Å². The van der Waals surface area contributed by atoms with Crippen LogP contribution in [0.4, 0.5) is 4.79 Å². The normalized spacial score (nSPS) is 43.7. The third-order valence-corrected chi connectivity index (χ3v) is 2.48. The predicted molar refractivity (Wildman–Crippen MR) is 43.2 cm³/mol. The molecule has 1 N–H and O–H groups in total. The Bertz CT molecular complexity index is 220. The lowest BCUT2D eigenvalue weighted by Crippen LogP contribution is -2.48. The van der Waals surface area contributed by atoms with Gasteiger partial charge in [0, 0.05) is 13.5 Å². The Balaban J connectivity index is 2.05. The molecule has 5 nitrogen and oxygen atoms in total. The monoisotopic (exact) mass is 187 g/mol. The summed E-state index contributed by atoms with van der Waals surface area (Å²) < 4.78 is 15.6. The number of fused-ring (bicyclic) bond motifs is 1. The van der Waals surface area contributed by atoms with Crippen molar-refractivity contribution in [2.45, 2.75) is 37.9 Å². The molecule has 74 valence electrons. The fraction of sp³-hybridized carbons (Fsp3) is 0.875. The highest BCUT2D eigenvalue weighted by Gasteiger charge is 2.44. The molecule has 2 heterocycles. The molecule has 2 saturated heterocycles. The molecule has 0 aromatic rings. The number of ether oxygens (including phenoxy) is 3. The van der Waals surface area contributed by atoms with Gasteiger partial charge in [0.15, 0.2) is 6.29 Å². The minimum atomic E-state index is -0.359. The summed E-state index contributed by atoms with van der Waals surface area (Å²) in [6.45, 7) is 1.88. The summed E-state index contributed by atoms with van der Waals surface area (Å²) in [5.41, 5.74) is 0. The molecule has 0 spiro atoms. The van der Waals surface area contributed by atoms with Gasteiger partial charge in [-0.05, 0) is 6.92 Å². The number of nitrogens with one attached hydrogen (secondary N) is 1. The van der Waals surface area contributed by atoms with Crippen LogP contribution in [0.25, 0.3) is 0 Å². The maximum absolute atomic E-state index is 10.9. The first kappa shape index (κ1) is 8.77. The number of hydrogen-bond acceptors (Lipinski definition) is 4. The van der Waals surface area contributed by atoms with Crippen LogP contribution in [0.1, 0.15) is 13.3 Å². The molecule has 2 rings (SSSR count). The molecule has 0 aliphatic carbocycles. The Kier molecular flexibility index (Phi) is 2.13. The van der Waals surface area contributed by atoms with Gasteiger partial charge in [-0.15, -0.1) is 0 Å². The highest BCUT2D eigenvalue weighted by atomic mass is 16.7. The zero-order valence-electron chi connectivity index (χ0n) is 7.65. The molecule has 2 aliphatic heterocycles. The van der Waals surface area contributed by atoms with Crippen molar-refractivity contribution >= 4 is 6.09 Å². The zero-order valence-corrected chi connectivity index (χ0v) is 7.65. The fourth-order valence-electron chi connectivity index (χ4n) is 1.82. The molecule has 0 aromatic heterocycles. The molecule has 2 aliphatic rings. The summed E-state index contributed by atoms with van der Waals surface area (Å²) in [7, 11) is 1.59. The van der Waals surface area contributed by atoms with Gasteiger partial charge in [0.25, 0.3) is 0 Å². The summed E-state index contributed by atoms with van der Waals surface area (Å²) in [6.07, 6.45) is -0.223. The molecule has 0 aromatic carbocycles. The van der Waals surface area contributed by atoms with Gasteiger partial charge in [0.1, 0.15) is 6.10 Å². The summed E-state index contributed by atoms with van der Waals surface area (Å²) in [6, 6.07) is 0.0289. The van der Waals surface area contributed by atoms with Gasteiger partial charge in [0.05, 0.1) is 12.1 Å². The first-order valence-electron chi connectivity index (χ1n) is 4.36. The van der Waals surface area contributed by atoms with Crippen molar-refractivity contribution < 1.29 is 19.0 Å². The third kappa shape index (κ3) is 1.49. The molecule has 0 radical (unpaired) electrons. The molecular formula is C8H13NO4. The number of alkyl carbamates (subject to hydrolysis) is 1. The first-order chi connectivity index (χ1) is 6.20. The van der Waals surface area contributed by atoms with Crippen molar-refractivity contribution in [3.8, 4) is 0 Å². The van der Waals surface area contributed by atoms with E-state index in [9.17, 15) is 4.79 Å². The van der Waals surface area contributed by atoms with Gasteiger partial charge in [-0.2, -0.15) is 0 Å². The lowest BCUT2D eigenvalue weighted by Gasteiger charge is -2.33. The lowest BCUT2D eigenvalue weighted by molar-refractivity contribution is -0.204. The van der Waals surface area contributed by atoms with E-state index in [1.54, 1.807) is 7.11 Å². The SMILES string of the molecule is CO[C@H]1C[C@@H]2NC(=O)O[C@@H]2[C@H](C)O1. The number of hydrogen-bond donors (Lipinski definition) is 1. The van der Waals surface area contributed by atoms with Crippen LogP contribution in [0.5, 0.6) is 0 Å². The number of methoxy groups -OCH3 is 1. The average Bonchev–Trinajstić information content (AvgIpc) is 2.46. The maximum Gasteiger partial charge on any atom is 0.407 e. The number of carbonyl (C=O) groups is 1. The maximum atomic E-state index is 10.9. The Morgan fingerprint density at radius 2 is 2.38 bits per heavy atom. The Morgan fingerprint density at radius 1 is 1.62 bits per heavy atom. The van der Waals surface area contributed by atoms with Crippen LogP contribution in [0.15, 0.2) is 0 Å². The first-order valence-corrected chi connectivity index (χ1v) is 4.36. The summed E-state index contributed by atoms with van der Waals surface area (Å²) >= 11 is 0. The van der Waals surface area contributed by atoms with E-state index in [0.717, 1.165) is 0 Å². The van der Waals surface area contributed by atoms with Gasteiger partial charge in [0.2, 0.25) is 0 Å². The van der Waals surface area contributed by atoms with Crippen molar-refractivity contribution in [1.82, 2.24) is 5.32 Å². The summed E-state index contributed by atoms with van der Waals surface area (Å²) in [5.74, 6) is 0. The minimum absolute atomic E-state index is 0.0289. The predicted octanol–water partition coefficient (Wildman–Crippen LogP) is 0.245. The standard InChI is InChI=1S/C8H13NO4/c1-4-7-5(9-8(10)13-7)3-6(11-2)12-4/h4-7H,3H2,1-2H3,(H,9,10)/t4-,5-,6+,7+/m0/s1. The van der Waals surface area contributed by atoms with Gasteiger partial charge in [-0.3, -0.25) is 0 Å². The minimum Gasteiger partial charge on any atom is -0.441 e. The molecule has 4 atom stereocenters. The lowest BCUT2D eigenvalue weighted by atomic mass is 10.0. The van der Waals surface area contributed by atoms with Crippen molar-refractivity contribution in [1.29, 1.82) is 0 Å². The molecule has 1 amide bonds. The fourth-order valence-corrected chi connectivity index (χ4v) is 1.82. The molecule has 5 heteroatoms. The second kappa shape index (κ2) is 3.16. The van der Waals surface area contributed by atoms with Gasteiger partial charge in [-0.25, -0.2) is 4.79 Å². The van der Waals surface area contributed by atoms with Crippen LogP contribution in [-0.4, -0.2) is 37.7 Å². The van der Waals surface area contributed by atoms with E-state index in [2.05, 4.69) is 5.32 Å². The summed E-state index contributed by atoms with van der Waals surface area (Å²) in [4.78, 5) is 10.9. The molecule has 2 fully saturated rings. The van der Waals surface area contributed by atoms with Crippen molar-refractivity contribution in [2.75, 3.05) is 7.11 Å². The van der Waals surface area contributed by atoms with E-state index in [1.807, 2.05) is 6.92 Å². The van der Waals surface area contributed by atoms with Crippen LogP contribution in [0, 0.1) is 0 Å². The van der Waals surface area contributed by atoms with E-state index in [1.165, 1.54) is 0 Å². The molecule has 0 unspecified atom stereocenters. The zero-order chi connectivity index (χ0) is 9.42. The average molecular weight is 187 g/mol. The Morgan fingerprint density at radius 3 is 3.08 bits per heavy atom. The quantitative estimate of drug-likeness (QED) is 0.639. The number of amides is 1. The Hall–Kier alpha value is -0.810. The van der Waals surface area contributed by atoms with E-state index >= 15 is 0 Å². The van der Waals surface area contributed by atoms with E-state index in [0.29, 0.717) is 6.42 Å². The van der Waals surface area contributed by atoms with Gasteiger partial charge in [-0.1, -0.05) is 0 Å². The smallest absolute Gasteiger partial charge is 0.407 e. The van der Waals surface area contributed by atoms with Crippen LogP contribution < -0.4 is 5.32 Å². The van der Waals surface area contributed by atoms with E-state index < -0.39 is 0 Å².